The summed E-state index contributed by atoms with van der Waals surface area (Å²) < 4.78 is 4.86. The molecule has 0 aliphatic rings. The molecular weight excluding hydrogens is 182 g/mol. The Balaban J connectivity index is 2.62. The average molecular weight is 195 g/mol. The molecule has 4 nitrogen and oxygen atoms in total. The molecule has 76 valence electrons. The lowest BCUT2D eigenvalue weighted by molar-refractivity contribution is 0.112. The molecule has 0 bridgehead atoms. The third-order valence-electron chi connectivity index (χ3n) is 1.79. The Morgan fingerprint density at radius 3 is 2.93 bits per heavy atom. The molecule has 1 aromatic rings. The number of benzene rings is 1. The van der Waals surface area contributed by atoms with Crippen LogP contribution < -0.4 is 5.32 Å². The van der Waals surface area contributed by atoms with Gasteiger partial charge in [0.2, 0.25) is 0 Å². The minimum Gasteiger partial charge on any atom is -0.507 e. The Kier molecular flexibility index (Phi) is 3.94. The molecule has 0 radical (unpaired) electrons. The number of ether oxygens (including phenoxy) is 1. The Hall–Kier alpha value is -1.55. The molecule has 1 rings (SSSR count). The third-order valence-corrected chi connectivity index (χ3v) is 1.79. The first-order chi connectivity index (χ1) is 6.77. The van der Waals surface area contributed by atoms with Crippen molar-refractivity contribution in [3.63, 3.8) is 0 Å². The van der Waals surface area contributed by atoms with Gasteiger partial charge in [-0.05, 0) is 12.1 Å². The van der Waals surface area contributed by atoms with Crippen molar-refractivity contribution in [2.45, 2.75) is 0 Å². The predicted octanol–water partition coefficient (Wildman–Crippen LogP) is 1.26. The van der Waals surface area contributed by atoms with Crippen molar-refractivity contribution in [1.82, 2.24) is 0 Å². The number of hydrogen-bond donors (Lipinski definition) is 2. The number of carbonyl (C=O) groups excluding carboxylic acids is 1. The lowest BCUT2D eigenvalue weighted by Gasteiger charge is -2.06. The van der Waals surface area contributed by atoms with Gasteiger partial charge in [-0.3, -0.25) is 4.79 Å². The Morgan fingerprint density at radius 2 is 2.36 bits per heavy atom. The normalized spacial score (nSPS) is 9.79. The smallest absolute Gasteiger partial charge is 0.153 e. The van der Waals surface area contributed by atoms with Crippen LogP contribution in [0.5, 0.6) is 5.75 Å². The van der Waals surface area contributed by atoms with Crippen molar-refractivity contribution in [2.24, 2.45) is 0 Å². The molecule has 0 saturated carbocycles. The number of aromatic hydroxyl groups is 1. The SMILES string of the molecule is COCCNc1ccc(C=O)c(O)c1. The molecule has 0 amide bonds. The number of methoxy groups -OCH3 is 1. The maximum atomic E-state index is 10.4. The monoisotopic (exact) mass is 195 g/mol. The fraction of sp³-hybridized carbons (Fsp3) is 0.300. The highest BCUT2D eigenvalue weighted by atomic mass is 16.5. The molecule has 0 saturated heterocycles. The van der Waals surface area contributed by atoms with Crippen LogP contribution in [0.3, 0.4) is 0 Å². The zero-order chi connectivity index (χ0) is 10.4. The standard InChI is InChI=1S/C10H13NO3/c1-14-5-4-11-9-3-2-8(7-12)10(13)6-9/h2-3,6-7,11,13H,4-5H2,1H3. The number of nitrogens with one attached hydrogen (secondary N) is 1. The predicted molar refractivity (Wildman–Crippen MR) is 53.9 cm³/mol. The van der Waals surface area contributed by atoms with Crippen molar-refractivity contribution in [1.29, 1.82) is 0 Å². The lowest BCUT2D eigenvalue weighted by Crippen LogP contribution is -2.07. The molecule has 14 heavy (non-hydrogen) atoms. The second-order valence-corrected chi connectivity index (χ2v) is 2.81. The molecule has 0 unspecified atom stereocenters. The first kappa shape index (κ1) is 10.5. The van der Waals surface area contributed by atoms with Crippen LogP contribution in [0.25, 0.3) is 0 Å². The van der Waals surface area contributed by atoms with Crippen LogP contribution in [0.2, 0.25) is 0 Å². The summed E-state index contributed by atoms with van der Waals surface area (Å²) >= 11 is 0. The fourth-order valence-electron chi connectivity index (χ4n) is 1.05. The minimum atomic E-state index is -0.0117. The van der Waals surface area contributed by atoms with Crippen molar-refractivity contribution in [2.75, 3.05) is 25.6 Å². The molecule has 2 N–H and O–H groups in total. The zero-order valence-electron chi connectivity index (χ0n) is 7.99. The van der Waals surface area contributed by atoms with Gasteiger partial charge in [0.1, 0.15) is 5.75 Å². The molecule has 0 aromatic heterocycles. The summed E-state index contributed by atoms with van der Waals surface area (Å²) in [7, 11) is 1.62. The topological polar surface area (TPSA) is 58.6 Å². The number of anilines is 1. The van der Waals surface area contributed by atoms with Gasteiger partial charge in [-0.1, -0.05) is 0 Å². The second-order valence-electron chi connectivity index (χ2n) is 2.81. The second kappa shape index (κ2) is 5.24. The van der Waals surface area contributed by atoms with E-state index in [0.29, 0.717) is 25.0 Å². The molecule has 0 spiro atoms. The average Bonchev–Trinajstić information content (AvgIpc) is 2.18. The van der Waals surface area contributed by atoms with E-state index in [1.165, 1.54) is 6.07 Å². The molecule has 1 aromatic carbocycles. The van der Waals surface area contributed by atoms with Crippen LogP contribution in [0, 0.1) is 0 Å². The van der Waals surface area contributed by atoms with Crippen molar-refractivity contribution in [3.8, 4) is 5.75 Å². The number of carbonyl (C=O) groups is 1. The summed E-state index contributed by atoms with van der Waals surface area (Å²) in [6.07, 6.45) is 0.619. The first-order valence-electron chi connectivity index (χ1n) is 4.29. The van der Waals surface area contributed by atoms with Gasteiger partial charge < -0.3 is 15.2 Å². The fourth-order valence-corrected chi connectivity index (χ4v) is 1.05. The molecular formula is C10H13NO3. The van der Waals surface area contributed by atoms with Gasteiger partial charge in [0.05, 0.1) is 12.2 Å². The molecule has 0 heterocycles. The Bertz CT molecular complexity index is 312. The summed E-state index contributed by atoms with van der Waals surface area (Å²) in [4.78, 5) is 10.4. The maximum Gasteiger partial charge on any atom is 0.153 e. The van der Waals surface area contributed by atoms with E-state index in [0.717, 1.165) is 5.69 Å². The van der Waals surface area contributed by atoms with Crippen LogP contribution in [-0.2, 0) is 4.74 Å². The minimum absolute atomic E-state index is 0.0117. The van der Waals surface area contributed by atoms with E-state index in [4.69, 9.17) is 4.74 Å². The van der Waals surface area contributed by atoms with E-state index in [2.05, 4.69) is 5.32 Å². The quantitative estimate of drug-likeness (QED) is 0.548. The van der Waals surface area contributed by atoms with Crippen molar-refractivity contribution < 1.29 is 14.6 Å². The largest absolute Gasteiger partial charge is 0.507 e. The molecule has 4 heteroatoms. The van der Waals surface area contributed by atoms with E-state index in [1.54, 1.807) is 19.2 Å². The van der Waals surface area contributed by atoms with E-state index in [-0.39, 0.29) is 5.75 Å². The summed E-state index contributed by atoms with van der Waals surface area (Å²) in [5.74, 6) is -0.0117. The summed E-state index contributed by atoms with van der Waals surface area (Å²) in [5, 5.41) is 12.4. The summed E-state index contributed by atoms with van der Waals surface area (Å²) in [6, 6.07) is 4.82. The van der Waals surface area contributed by atoms with E-state index in [1.807, 2.05) is 0 Å². The Labute approximate surface area is 82.5 Å². The highest BCUT2D eigenvalue weighted by Crippen LogP contribution is 2.19. The highest BCUT2D eigenvalue weighted by molar-refractivity contribution is 5.80. The van der Waals surface area contributed by atoms with Gasteiger partial charge in [-0.2, -0.15) is 0 Å². The van der Waals surface area contributed by atoms with Gasteiger partial charge in [-0.15, -0.1) is 0 Å². The number of phenolic OH excluding ortho intramolecular Hbond substituents is 1. The van der Waals surface area contributed by atoms with Crippen LogP contribution >= 0.6 is 0 Å². The van der Waals surface area contributed by atoms with Gasteiger partial charge in [0.25, 0.3) is 0 Å². The van der Waals surface area contributed by atoms with Gasteiger partial charge in [-0.25, -0.2) is 0 Å². The highest BCUT2D eigenvalue weighted by Gasteiger charge is 2.00. The lowest BCUT2D eigenvalue weighted by atomic mass is 10.2. The van der Waals surface area contributed by atoms with Gasteiger partial charge in [0, 0.05) is 25.4 Å². The first-order valence-corrected chi connectivity index (χ1v) is 4.29. The van der Waals surface area contributed by atoms with Crippen LogP contribution in [0.4, 0.5) is 5.69 Å². The van der Waals surface area contributed by atoms with Gasteiger partial charge in [0.15, 0.2) is 6.29 Å². The van der Waals surface area contributed by atoms with E-state index in [9.17, 15) is 9.90 Å². The van der Waals surface area contributed by atoms with Crippen LogP contribution in [-0.4, -0.2) is 31.7 Å². The van der Waals surface area contributed by atoms with Gasteiger partial charge >= 0.3 is 0 Å². The van der Waals surface area contributed by atoms with Crippen molar-refractivity contribution >= 4 is 12.0 Å². The van der Waals surface area contributed by atoms with Crippen molar-refractivity contribution in [3.05, 3.63) is 23.8 Å². The summed E-state index contributed by atoms with van der Waals surface area (Å²) in [5.41, 5.74) is 1.06. The molecule has 0 aliphatic heterocycles. The van der Waals surface area contributed by atoms with Crippen LogP contribution in [0.1, 0.15) is 10.4 Å². The van der Waals surface area contributed by atoms with Crippen LogP contribution in [0.15, 0.2) is 18.2 Å². The molecule has 0 fully saturated rings. The number of rotatable bonds is 5. The number of phenols is 1. The number of hydrogen-bond acceptors (Lipinski definition) is 4. The zero-order valence-corrected chi connectivity index (χ0v) is 7.99. The third kappa shape index (κ3) is 2.74. The molecule has 0 atom stereocenters. The maximum absolute atomic E-state index is 10.4. The molecule has 0 aliphatic carbocycles. The number of aldehydes is 1. The van der Waals surface area contributed by atoms with E-state index >= 15 is 0 Å². The van der Waals surface area contributed by atoms with E-state index < -0.39 is 0 Å². The Morgan fingerprint density at radius 1 is 1.57 bits per heavy atom. The summed E-state index contributed by atoms with van der Waals surface area (Å²) in [6.45, 7) is 1.26.